The largest absolute Gasteiger partial charge is 0.382 e. The molecule has 15 heavy (non-hydrogen) atoms. The summed E-state index contributed by atoms with van der Waals surface area (Å²) in [5.74, 6) is 0. The second-order valence-electron chi connectivity index (χ2n) is 3.37. The fourth-order valence-corrected chi connectivity index (χ4v) is 1.77. The summed E-state index contributed by atoms with van der Waals surface area (Å²) in [5, 5.41) is 0. The number of methoxy groups -OCH3 is 4. The zero-order valence-corrected chi connectivity index (χ0v) is 9.64. The first-order chi connectivity index (χ1) is 7.28. The molecule has 0 aromatic carbocycles. The van der Waals surface area contributed by atoms with Crippen molar-refractivity contribution in [1.82, 2.24) is 0 Å². The number of hydrogen-bond donors (Lipinski definition) is 0. The molecule has 1 aliphatic heterocycles. The molecule has 0 aromatic rings. The molecular formula is C10H19O5+. The van der Waals surface area contributed by atoms with Crippen LogP contribution in [-0.2, 0) is 23.7 Å². The average molecular weight is 219 g/mol. The van der Waals surface area contributed by atoms with E-state index in [0.29, 0.717) is 6.61 Å². The van der Waals surface area contributed by atoms with Crippen molar-refractivity contribution in [3.63, 3.8) is 0 Å². The summed E-state index contributed by atoms with van der Waals surface area (Å²) < 4.78 is 26.5. The molecule has 4 atom stereocenters. The zero-order chi connectivity index (χ0) is 11.3. The highest BCUT2D eigenvalue weighted by Gasteiger charge is 2.48. The molecule has 88 valence electrons. The topological polar surface area (TPSA) is 46.2 Å². The highest BCUT2D eigenvalue weighted by molar-refractivity contribution is 4.94. The minimum atomic E-state index is -0.215. The van der Waals surface area contributed by atoms with Crippen LogP contribution in [0.15, 0.2) is 0 Å². The lowest BCUT2D eigenvalue weighted by Gasteiger charge is -2.34. The van der Waals surface area contributed by atoms with Gasteiger partial charge >= 0.3 is 0 Å². The van der Waals surface area contributed by atoms with Gasteiger partial charge in [-0.05, 0) is 0 Å². The van der Waals surface area contributed by atoms with Gasteiger partial charge in [0.1, 0.15) is 6.10 Å². The average Bonchev–Trinajstić information content (AvgIpc) is 2.28. The maximum atomic E-state index is 5.48. The molecule has 1 fully saturated rings. The van der Waals surface area contributed by atoms with E-state index in [4.69, 9.17) is 23.7 Å². The molecule has 1 heterocycles. The van der Waals surface area contributed by atoms with Crippen LogP contribution in [-0.4, -0.2) is 59.5 Å². The summed E-state index contributed by atoms with van der Waals surface area (Å²) in [6.45, 7) is 2.10. The van der Waals surface area contributed by atoms with Crippen LogP contribution in [0.2, 0.25) is 0 Å². The van der Waals surface area contributed by atoms with Gasteiger partial charge in [0.15, 0.2) is 12.2 Å². The van der Waals surface area contributed by atoms with E-state index in [9.17, 15) is 0 Å². The van der Waals surface area contributed by atoms with Crippen molar-refractivity contribution in [2.75, 3.05) is 35.0 Å². The van der Waals surface area contributed by atoms with Crippen LogP contribution >= 0.6 is 0 Å². The third-order valence-corrected chi connectivity index (χ3v) is 2.55. The van der Waals surface area contributed by atoms with Crippen LogP contribution in [0.4, 0.5) is 0 Å². The van der Waals surface area contributed by atoms with E-state index in [1.165, 1.54) is 0 Å². The minimum absolute atomic E-state index is 0.156. The van der Waals surface area contributed by atoms with Crippen molar-refractivity contribution < 1.29 is 23.7 Å². The van der Waals surface area contributed by atoms with E-state index in [0.717, 1.165) is 0 Å². The van der Waals surface area contributed by atoms with Crippen molar-refractivity contribution >= 4 is 0 Å². The molecule has 1 aliphatic rings. The predicted octanol–water partition coefficient (Wildman–Crippen LogP) is 0.238. The fourth-order valence-electron chi connectivity index (χ4n) is 1.77. The van der Waals surface area contributed by atoms with Crippen LogP contribution in [0, 0.1) is 6.61 Å². The Morgan fingerprint density at radius 1 is 1.00 bits per heavy atom. The Morgan fingerprint density at radius 3 is 2.13 bits per heavy atom. The first-order valence-electron chi connectivity index (χ1n) is 4.84. The SMILES string of the molecule is COC[C@H]1O[CH+][C@@H](OC)[C@@H](OC)[C@@H]1OC. The molecule has 0 unspecified atom stereocenters. The lowest BCUT2D eigenvalue weighted by Crippen LogP contribution is -2.54. The molecule has 0 spiro atoms. The molecule has 0 bridgehead atoms. The minimum Gasteiger partial charge on any atom is -0.382 e. The van der Waals surface area contributed by atoms with Crippen LogP contribution < -0.4 is 0 Å². The van der Waals surface area contributed by atoms with E-state index in [-0.39, 0.29) is 24.4 Å². The van der Waals surface area contributed by atoms with Gasteiger partial charge in [-0.25, -0.2) is 0 Å². The first kappa shape index (κ1) is 12.7. The summed E-state index contributed by atoms with van der Waals surface area (Å²) in [6, 6.07) is 0. The Bertz CT molecular complexity index is 175. The molecular weight excluding hydrogens is 200 g/mol. The lowest BCUT2D eigenvalue weighted by molar-refractivity contribution is -0.197. The first-order valence-corrected chi connectivity index (χ1v) is 4.84. The summed E-state index contributed by atoms with van der Waals surface area (Å²) >= 11 is 0. The van der Waals surface area contributed by atoms with Gasteiger partial charge < -0.3 is 18.9 Å². The molecule has 1 rings (SSSR count). The Labute approximate surface area is 90.6 Å². The van der Waals surface area contributed by atoms with Crippen molar-refractivity contribution in [3.8, 4) is 0 Å². The Kier molecular flexibility index (Phi) is 5.35. The van der Waals surface area contributed by atoms with Crippen LogP contribution in [0.1, 0.15) is 0 Å². The van der Waals surface area contributed by atoms with Crippen molar-refractivity contribution in [2.24, 2.45) is 0 Å². The lowest BCUT2D eigenvalue weighted by atomic mass is 10.00. The highest BCUT2D eigenvalue weighted by atomic mass is 16.6. The molecule has 0 amide bonds. The maximum Gasteiger partial charge on any atom is 0.261 e. The van der Waals surface area contributed by atoms with Gasteiger partial charge in [0.05, 0.1) is 6.61 Å². The Balaban J connectivity index is 2.65. The fraction of sp³-hybridized carbons (Fsp3) is 0.900. The summed E-state index contributed by atoms with van der Waals surface area (Å²) in [4.78, 5) is 0. The van der Waals surface area contributed by atoms with Gasteiger partial charge in [-0.15, -0.1) is 0 Å². The maximum absolute atomic E-state index is 5.48. The van der Waals surface area contributed by atoms with Crippen molar-refractivity contribution in [2.45, 2.75) is 24.4 Å². The summed E-state index contributed by atoms with van der Waals surface area (Å²) in [6.07, 6.45) is -0.733. The van der Waals surface area contributed by atoms with Gasteiger partial charge in [-0.3, -0.25) is 0 Å². The van der Waals surface area contributed by atoms with Crippen molar-refractivity contribution in [1.29, 1.82) is 0 Å². The number of ether oxygens (including phenoxy) is 5. The zero-order valence-electron chi connectivity index (χ0n) is 9.64. The van der Waals surface area contributed by atoms with Crippen molar-refractivity contribution in [3.05, 3.63) is 6.61 Å². The monoisotopic (exact) mass is 219 g/mol. The quantitative estimate of drug-likeness (QED) is 0.620. The molecule has 0 N–H and O–H groups in total. The molecule has 0 saturated carbocycles. The van der Waals surface area contributed by atoms with Gasteiger partial charge in [-0.2, -0.15) is 4.74 Å². The van der Waals surface area contributed by atoms with E-state index in [1.807, 2.05) is 0 Å². The molecule has 0 aliphatic carbocycles. The smallest absolute Gasteiger partial charge is 0.261 e. The van der Waals surface area contributed by atoms with E-state index in [2.05, 4.69) is 0 Å². The second-order valence-corrected chi connectivity index (χ2v) is 3.37. The van der Waals surface area contributed by atoms with Gasteiger partial charge in [0, 0.05) is 28.4 Å². The predicted molar refractivity (Wildman–Crippen MR) is 53.4 cm³/mol. The molecule has 1 saturated heterocycles. The Hall–Kier alpha value is -0.330. The molecule has 5 nitrogen and oxygen atoms in total. The number of hydrogen-bond acceptors (Lipinski definition) is 5. The standard InChI is InChI=1S/C10H19O5/c1-11-5-8-10(14-4)9(13-3)7(12-2)6-15-8/h6-10H,5H2,1-4H3/q+1/t7-,8-,9-,10-/m1/s1. The Morgan fingerprint density at radius 2 is 1.67 bits per heavy atom. The second kappa shape index (κ2) is 6.30. The normalized spacial score (nSPS) is 36.3. The highest BCUT2D eigenvalue weighted by Crippen LogP contribution is 2.24. The molecule has 5 heteroatoms. The van der Waals surface area contributed by atoms with Crippen LogP contribution in [0.5, 0.6) is 0 Å². The third-order valence-electron chi connectivity index (χ3n) is 2.55. The van der Waals surface area contributed by atoms with Crippen LogP contribution in [0.25, 0.3) is 0 Å². The molecule has 0 radical (unpaired) electrons. The van der Waals surface area contributed by atoms with E-state index in [1.54, 1.807) is 35.0 Å². The van der Waals surface area contributed by atoms with E-state index < -0.39 is 0 Å². The summed E-state index contributed by atoms with van der Waals surface area (Å²) in [5.41, 5.74) is 0. The van der Waals surface area contributed by atoms with Gasteiger partial charge in [0.25, 0.3) is 12.7 Å². The van der Waals surface area contributed by atoms with Gasteiger partial charge in [0.2, 0.25) is 0 Å². The molecule has 0 aromatic heterocycles. The van der Waals surface area contributed by atoms with E-state index >= 15 is 0 Å². The number of rotatable bonds is 5. The summed E-state index contributed by atoms with van der Waals surface area (Å²) in [7, 11) is 6.49. The third kappa shape index (κ3) is 2.83. The van der Waals surface area contributed by atoms with Gasteiger partial charge in [-0.1, -0.05) is 0 Å². The van der Waals surface area contributed by atoms with Crippen LogP contribution in [0.3, 0.4) is 0 Å².